The number of nitrogens with zero attached hydrogens (tertiary/aromatic N) is 1. The van der Waals surface area contributed by atoms with Gasteiger partial charge in [-0.1, -0.05) is 11.6 Å². The monoisotopic (exact) mass is 464 g/mol. The molecule has 0 saturated carbocycles. The van der Waals surface area contributed by atoms with Gasteiger partial charge in [-0.15, -0.1) is 0 Å². The molecule has 0 aliphatic carbocycles. The molecule has 0 radical (unpaired) electrons. The number of nitrogens with one attached hydrogen (secondary N) is 1. The van der Waals surface area contributed by atoms with Gasteiger partial charge in [0.25, 0.3) is 0 Å². The van der Waals surface area contributed by atoms with E-state index >= 15 is 0 Å². The maximum Gasteiger partial charge on any atom is 0.416 e. The highest BCUT2D eigenvalue weighted by Crippen LogP contribution is 2.34. The van der Waals surface area contributed by atoms with Crippen molar-refractivity contribution in [2.45, 2.75) is 11.1 Å². The Bertz CT molecular complexity index is 998. The van der Waals surface area contributed by atoms with Gasteiger partial charge in [0.1, 0.15) is 6.07 Å². The van der Waals surface area contributed by atoms with Crippen molar-refractivity contribution in [3.8, 4) is 6.07 Å². The summed E-state index contributed by atoms with van der Waals surface area (Å²) in [4.78, 5) is -0.830. The number of hydrogen-bond donors (Lipinski definition) is 1. The van der Waals surface area contributed by atoms with E-state index < -0.39 is 26.5 Å². The average Bonchev–Trinajstić information content (AvgIpc) is 2.56. The number of halogens is 5. The molecule has 4 nitrogen and oxygen atoms in total. The van der Waals surface area contributed by atoms with Crippen LogP contribution in [-0.4, -0.2) is 8.42 Å². The van der Waals surface area contributed by atoms with E-state index in [9.17, 15) is 21.6 Å². The highest BCUT2D eigenvalue weighted by molar-refractivity contribution is 9.10. The van der Waals surface area contributed by atoms with Crippen molar-refractivity contribution < 1.29 is 21.6 Å². The Morgan fingerprint density at radius 1 is 1.19 bits per heavy atom. The Balaban J connectivity index is 2.39. The third kappa shape index (κ3) is 4.58. The molecule has 0 aliphatic heterocycles. The molecule has 2 aromatic rings. The van der Waals surface area contributed by atoms with Gasteiger partial charge in [-0.2, -0.15) is 18.4 Å². The van der Waals surface area contributed by atoms with Crippen LogP contribution in [0.3, 0.4) is 0 Å². The summed E-state index contributed by atoms with van der Waals surface area (Å²) in [5, 5.41) is 11.9. The van der Waals surface area contributed by atoms with Gasteiger partial charge in [-0.3, -0.25) is 0 Å². The van der Waals surface area contributed by atoms with Gasteiger partial charge < -0.3 is 5.32 Å². The minimum atomic E-state index is -4.56. The Morgan fingerprint density at radius 2 is 1.81 bits per heavy atom. The molecule has 0 heterocycles. The summed E-state index contributed by atoms with van der Waals surface area (Å²) in [6.07, 6.45) is -3.72. The maximum absolute atomic E-state index is 12.8. The van der Waals surface area contributed by atoms with E-state index in [1.54, 1.807) is 0 Å². The zero-order valence-corrected chi connectivity index (χ0v) is 15.8. The first-order valence-corrected chi connectivity index (χ1v) is 9.45. The molecular formula is C16H9BrClF3N2O2S. The number of allylic oxidation sites excluding steroid dienone is 1. The van der Waals surface area contributed by atoms with Crippen molar-refractivity contribution in [2.24, 2.45) is 0 Å². The largest absolute Gasteiger partial charge is 0.416 e. The quantitative estimate of drug-likeness (QED) is 0.616. The zero-order chi connectivity index (χ0) is 19.5. The van der Waals surface area contributed by atoms with Gasteiger partial charge in [-0.25, -0.2) is 8.42 Å². The number of benzene rings is 2. The molecule has 0 unspecified atom stereocenters. The van der Waals surface area contributed by atoms with Crippen LogP contribution in [0.4, 0.5) is 18.9 Å². The first-order chi connectivity index (χ1) is 12.1. The molecule has 0 amide bonds. The lowest BCUT2D eigenvalue weighted by atomic mass is 10.2. The lowest BCUT2D eigenvalue weighted by Gasteiger charge is -2.11. The Labute approximate surface area is 160 Å². The molecule has 2 aromatic carbocycles. The first-order valence-electron chi connectivity index (χ1n) is 6.80. The predicted octanol–water partition coefficient (Wildman–Crippen LogP) is 5.37. The van der Waals surface area contributed by atoms with E-state index in [2.05, 4.69) is 21.2 Å². The standard InChI is InChI=1S/C16H9BrClF3N2O2S/c17-14-6-1-10(16(19,20)21)7-15(14)23-9-13(8-22)26(24,25)12-4-2-11(18)3-5-12/h1-7,9,23H. The van der Waals surface area contributed by atoms with Crippen molar-refractivity contribution in [2.75, 3.05) is 5.32 Å². The molecule has 1 N–H and O–H groups in total. The highest BCUT2D eigenvalue weighted by atomic mass is 79.9. The lowest BCUT2D eigenvalue weighted by molar-refractivity contribution is -0.137. The fourth-order valence-electron chi connectivity index (χ4n) is 1.87. The Morgan fingerprint density at radius 3 is 2.35 bits per heavy atom. The van der Waals surface area contributed by atoms with Gasteiger partial charge in [0.05, 0.1) is 16.1 Å². The van der Waals surface area contributed by atoms with Crippen LogP contribution in [0.15, 0.2) is 62.9 Å². The summed E-state index contributed by atoms with van der Waals surface area (Å²) in [5.41, 5.74) is -0.963. The molecule has 136 valence electrons. The van der Waals surface area contributed by atoms with Crippen molar-refractivity contribution >= 4 is 43.1 Å². The molecule has 0 bridgehead atoms. The van der Waals surface area contributed by atoms with Gasteiger partial charge in [0.2, 0.25) is 9.84 Å². The fourth-order valence-corrected chi connectivity index (χ4v) is 3.44. The van der Waals surface area contributed by atoms with Crippen molar-refractivity contribution in [1.82, 2.24) is 0 Å². The Kier molecular flexibility index (Phi) is 6.01. The number of alkyl halides is 3. The van der Waals surface area contributed by atoms with Crippen LogP contribution in [0, 0.1) is 11.3 Å². The third-order valence-corrected chi connectivity index (χ3v) is 5.80. The number of rotatable bonds is 4. The summed E-state index contributed by atoms with van der Waals surface area (Å²) in [5.74, 6) is 0. The lowest BCUT2D eigenvalue weighted by Crippen LogP contribution is -2.07. The molecule has 0 spiro atoms. The summed E-state index contributed by atoms with van der Waals surface area (Å²) in [6.45, 7) is 0. The molecule has 0 fully saturated rings. The summed E-state index contributed by atoms with van der Waals surface area (Å²) in [6, 6.07) is 9.51. The van der Waals surface area contributed by atoms with Crippen molar-refractivity contribution in [3.05, 3.63) is 68.6 Å². The van der Waals surface area contributed by atoms with Crippen LogP contribution >= 0.6 is 27.5 Å². The van der Waals surface area contributed by atoms with E-state index in [0.717, 1.165) is 18.3 Å². The second kappa shape index (κ2) is 7.70. The van der Waals surface area contributed by atoms with E-state index in [-0.39, 0.29) is 15.1 Å². The normalized spacial score (nSPS) is 12.5. The van der Waals surface area contributed by atoms with Crippen molar-refractivity contribution in [3.63, 3.8) is 0 Å². The van der Waals surface area contributed by atoms with E-state index in [0.29, 0.717) is 5.02 Å². The number of nitriles is 1. The molecule has 2 rings (SSSR count). The zero-order valence-electron chi connectivity index (χ0n) is 12.7. The van der Waals surface area contributed by atoms with Crippen LogP contribution < -0.4 is 5.32 Å². The maximum atomic E-state index is 12.8. The molecule has 0 atom stereocenters. The summed E-state index contributed by atoms with van der Waals surface area (Å²) < 4.78 is 63.5. The fraction of sp³-hybridized carbons (Fsp3) is 0.0625. The predicted molar refractivity (Wildman–Crippen MR) is 95.1 cm³/mol. The average molecular weight is 466 g/mol. The summed E-state index contributed by atoms with van der Waals surface area (Å²) in [7, 11) is -4.15. The van der Waals surface area contributed by atoms with Gasteiger partial charge in [0, 0.05) is 15.7 Å². The number of sulfone groups is 1. The molecule has 0 aliphatic rings. The van der Waals surface area contributed by atoms with Crippen LogP contribution in [0.1, 0.15) is 5.56 Å². The van der Waals surface area contributed by atoms with Gasteiger partial charge in [-0.05, 0) is 58.4 Å². The smallest absolute Gasteiger partial charge is 0.359 e. The topological polar surface area (TPSA) is 70.0 Å². The molecule has 10 heteroatoms. The molecule has 26 heavy (non-hydrogen) atoms. The van der Waals surface area contributed by atoms with Crippen LogP contribution in [0.2, 0.25) is 5.02 Å². The Hall–Kier alpha value is -2.02. The molecule has 0 aromatic heterocycles. The highest BCUT2D eigenvalue weighted by Gasteiger charge is 2.31. The van der Waals surface area contributed by atoms with Crippen LogP contribution in [-0.2, 0) is 16.0 Å². The molecule has 0 saturated heterocycles. The first kappa shape index (κ1) is 20.3. The molecular weight excluding hydrogens is 457 g/mol. The minimum Gasteiger partial charge on any atom is -0.359 e. The van der Waals surface area contributed by atoms with Gasteiger partial charge >= 0.3 is 6.18 Å². The van der Waals surface area contributed by atoms with Gasteiger partial charge in [0.15, 0.2) is 4.91 Å². The van der Waals surface area contributed by atoms with Crippen LogP contribution in [0.5, 0.6) is 0 Å². The SMILES string of the molecule is N#CC(=CNc1cc(C(F)(F)F)ccc1Br)S(=O)(=O)c1ccc(Cl)cc1. The van der Waals surface area contributed by atoms with E-state index in [1.165, 1.54) is 36.4 Å². The van der Waals surface area contributed by atoms with Crippen LogP contribution in [0.25, 0.3) is 0 Å². The second-order valence-corrected chi connectivity index (χ2v) is 8.12. The van der Waals surface area contributed by atoms with Crippen molar-refractivity contribution in [1.29, 1.82) is 5.26 Å². The van der Waals surface area contributed by atoms with E-state index in [4.69, 9.17) is 16.9 Å². The number of anilines is 1. The number of hydrogen-bond acceptors (Lipinski definition) is 4. The second-order valence-electron chi connectivity index (χ2n) is 4.91. The third-order valence-electron chi connectivity index (χ3n) is 3.18. The van der Waals surface area contributed by atoms with E-state index in [1.807, 2.05) is 0 Å². The minimum absolute atomic E-state index is 0.0427. The summed E-state index contributed by atoms with van der Waals surface area (Å²) >= 11 is 8.77.